The maximum Gasteiger partial charge on any atom is 0.0594 e. The zero-order chi connectivity index (χ0) is 22.1. The number of unbranched alkanes of at least 4 members (excludes halogenated alkanes) is 4. The van der Waals surface area contributed by atoms with Gasteiger partial charge in [-0.15, -0.1) is 0 Å². The first-order chi connectivity index (χ1) is 13.7. The summed E-state index contributed by atoms with van der Waals surface area (Å²) in [5.74, 6) is 3.52. The van der Waals surface area contributed by atoms with Crippen LogP contribution in [0.15, 0.2) is 0 Å². The zero-order valence-corrected chi connectivity index (χ0v) is 23.0. The number of hydrogen-bond acceptors (Lipinski definition) is 0. The van der Waals surface area contributed by atoms with Crippen LogP contribution in [0.3, 0.4) is 0 Å². The van der Waals surface area contributed by atoms with E-state index in [-0.39, 0.29) is 0 Å². The first-order valence-electron chi connectivity index (χ1n) is 13.5. The van der Waals surface area contributed by atoms with Gasteiger partial charge in [0.25, 0.3) is 0 Å². The van der Waals surface area contributed by atoms with Crippen LogP contribution in [0.2, 0.25) is 0 Å². The molecule has 0 saturated heterocycles. The van der Waals surface area contributed by atoms with Crippen LogP contribution in [-0.4, -0.2) is 24.6 Å². The normalized spacial score (nSPS) is 12.8. The molecule has 0 spiro atoms. The van der Waals surface area contributed by atoms with E-state index < -0.39 is 7.26 Å². The van der Waals surface area contributed by atoms with Gasteiger partial charge in [0.1, 0.15) is 0 Å². The Kier molecular flexibility index (Phi) is 18.3. The Bertz CT molecular complexity index is 273. The van der Waals surface area contributed by atoms with Crippen LogP contribution in [0.5, 0.6) is 0 Å². The molecule has 0 rings (SSSR count). The van der Waals surface area contributed by atoms with Gasteiger partial charge in [-0.1, -0.05) is 81.1 Å². The van der Waals surface area contributed by atoms with Crippen molar-refractivity contribution in [1.29, 1.82) is 0 Å². The smallest absolute Gasteiger partial charge is 0.0594 e. The fourth-order valence-electron chi connectivity index (χ4n) is 4.67. The summed E-state index contributed by atoms with van der Waals surface area (Å²) in [4.78, 5) is 0. The molecule has 0 nitrogen and oxygen atoms in total. The Morgan fingerprint density at radius 1 is 0.345 bits per heavy atom. The summed E-state index contributed by atoms with van der Waals surface area (Å²) in [5.41, 5.74) is 0. The van der Waals surface area contributed by atoms with Gasteiger partial charge in [0.15, 0.2) is 0 Å². The third-order valence-corrected chi connectivity index (χ3v) is 11.7. The average Bonchev–Trinajstić information content (AvgIpc) is 2.62. The molecule has 0 N–H and O–H groups in total. The highest BCUT2D eigenvalue weighted by Crippen LogP contribution is 2.61. The van der Waals surface area contributed by atoms with E-state index in [2.05, 4.69) is 55.4 Å². The quantitative estimate of drug-likeness (QED) is 0.134. The van der Waals surface area contributed by atoms with E-state index in [4.69, 9.17) is 0 Å². The molecule has 0 amide bonds. The molecular weight excluding hydrogens is 367 g/mol. The second kappa shape index (κ2) is 18.0. The van der Waals surface area contributed by atoms with Gasteiger partial charge in [-0.25, -0.2) is 0 Å². The molecule has 0 aromatic carbocycles. The molecule has 176 valence electrons. The molecule has 0 aromatic heterocycles. The molecule has 0 saturated carbocycles. The van der Waals surface area contributed by atoms with E-state index in [1.54, 1.807) is 24.6 Å². The van der Waals surface area contributed by atoms with Crippen molar-refractivity contribution in [2.24, 2.45) is 23.7 Å². The second-order valence-electron chi connectivity index (χ2n) is 11.8. The maximum atomic E-state index is 2.39. The summed E-state index contributed by atoms with van der Waals surface area (Å²) in [6.45, 7) is 19.2. The van der Waals surface area contributed by atoms with Crippen LogP contribution in [0, 0.1) is 23.7 Å². The molecule has 0 aromatic rings. The predicted molar refractivity (Wildman–Crippen MR) is 141 cm³/mol. The Labute approximate surface area is 188 Å². The van der Waals surface area contributed by atoms with Crippen LogP contribution < -0.4 is 0 Å². The summed E-state index contributed by atoms with van der Waals surface area (Å²) in [6, 6.07) is 0. The average molecular weight is 428 g/mol. The number of hydrogen-bond donors (Lipinski definition) is 0. The first kappa shape index (κ1) is 29.4. The summed E-state index contributed by atoms with van der Waals surface area (Å²) in [5, 5.41) is 0. The lowest BCUT2D eigenvalue weighted by Gasteiger charge is -2.29. The fraction of sp³-hybridized carbons (Fsp3) is 1.00. The third-order valence-electron chi connectivity index (χ3n) is 6.66. The van der Waals surface area contributed by atoms with Crippen molar-refractivity contribution in [2.45, 2.75) is 132 Å². The van der Waals surface area contributed by atoms with Crippen LogP contribution in [-0.2, 0) is 0 Å². The second-order valence-corrected chi connectivity index (χ2v) is 16.3. The van der Waals surface area contributed by atoms with Crippen molar-refractivity contribution >= 4 is 7.26 Å². The van der Waals surface area contributed by atoms with E-state index >= 15 is 0 Å². The SMILES string of the molecule is CC(C)CCCC[P+](CCCCC(C)C)(CCCCC(C)C)CCCCC(C)C. The van der Waals surface area contributed by atoms with E-state index in [0.717, 1.165) is 23.7 Å². The molecule has 0 heterocycles. The highest BCUT2D eigenvalue weighted by molar-refractivity contribution is 7.75. The standard InChI is InChI=1S/C28H60P/c1-25(2)17-9-13-21-29(22-14-10-18-26(3)4,23-15-11-19-27(5)6)24-16-12-20-28(7)8/h25-28H,9-24H2,1-8H3/q+1. The fourth-order valence-corrected chi connectivity index (χ4v) is 9.59. The summed E-state index contributed by atoms with van der Waals surface area (Å²) in [6.07, 6.45) is 24.2. The summed E-state index contributed by atoms with van der Waals surface area (Å²) >= 11 is 0. The molecule has 0 aliphatic heterocycles. The van der Waals surface area contributed by atoms with Crippen molar-refractivity contribution in [3.8, 4) is 0 Å². The molecule has 0 unspecified atom stereocenters. The number of rotatable bonds is 20. The van der Waals surface area contributed by atoms with Gasteiger partial charge in [-0.05, 0) is 75.0 Å². The van der Waals surface area contributed by atoms with E-state index in [1.807, 2.05) is 0 Å². The third kappa shape index (κ3) is 18.9. The zero-order valence-electron chi connectivity index (χ0n) is 22.1. The van der Waals surface area contributed by atoms with E-state index in [1.165, 1.54) is 77.0 Å². The first-order valence-corrected chi connectivity index (χ1v) is 16.0. The van der Waals surface area contributed by atoms with Crippen LogP contribution in [0.25, 0.3) is 0 Å². The van der Waals surface area contributed by atoms with Crippen molar-refractivity contribution in [2.75, 3.05) is 24.6 Å². The van der Waals surface area contributed by atoms with Gasteiger partial charge in [0.05, 0.1) is 24.6 Å². The minimum Gasteiger partial charge on any atom is -0.0628 e. The minimum atomic E-state index is -0.736. The molecule has 0 aliphatic carbocycles. The van der Waals surface area contributed by atoms with Crippen LogP contribution in [0.1, 0.15) is 132 Å². The van der Waals surface area contributed by atoms with E-state index in [9.17, 15) is 0 Å². The van der Waals surface area contributed by atoms with Crippen LogP contribution in [0.4, 0.5) is 0 Å². The van der Waals surface area contributed by atoms with Crippen molar-refractivity contribution in [1.82, 2.24) is 0 Å². The van der Waals surface area contributed by atoms with Gasteiger partial charge in [0.2, 0.25) is 0 Å². The summed E-state index contributed by atoms with van der Waals surface area (Å²) in [7, 11) is -0.736. The van der Waals surface area contributed by atoms with Gasteiger partial charge in [-0.3, -0.25) is 0 Å². The van der Waals surface area contributed by atoms with Crippen LogP contribution >= 0.6 is 7.26 Å². The topological polar surface area (TPSA) is 0 Å². The van der Waals surface area contributed by atoms with Gasteiger partial charge in [0, 0.05) is 7.26 Å². The maximum absolute atomic E-state index is 2.39. The van der Waals surface area contributed by atoms with E-state index in [0.29, 0.717) is 0 Å². The molecule has 0 radical (unpaired) electrons. The molecule has 0 fully saturated rings. The lowest BCUT2D eigenvalue weighted by Crippen LogP contribution is -2.14. The molecule has 0 bridgehead atoms. The summed E-state index contributed by atoms with van der Waals surface area (Å²) < 4.78 is 0. The highest BCUT2D eigenvalue weighted by atomic mass is 31.2. The Morgan fingerprint density at radius 2 is 0.552 bits per heavy atom. The monoisotopic (exact) mass is 427 g/mol. The van der Waals surface area contributed by atoms with Crippen molar-refractivity contribution in [3.63, 3.8) is 0 Å². The lowest BCUT2D eigenvalue weighted by molar-refractivity contribution is 0.540. The Hall–Kier alpha value is 0.430. The van der Waals surface area contributed by atoms with Gasteiger partial charge >= 0.3 is 0 Å². The van der Waals surface area contributed by atoms with Crippen molar-refractivity contribution < 1.29 is 0 Å². The molecular formula is C28H60P+. The molecule has 0 aliphatic rings. The molecule has 1 heteroatoms. The largest absolute Gasteiger partial charge is 0.0628 e. The Morgan fingerprint density at radius 3 is 0.724 bits per heavy atom. The van der Waals surface area contributed by atoms with Crippen molar-refractivity contribution in [3.05, 3.63) is 0 Å². The molecule has 0 atom stereocenters. The minimum absolute atomic E-state index is 0.736. The Balaban J connectivity index is 4.86. The predicted octanol–water partition coefficient (Wildman–Crippen LogP) is 10.3. The van der Waals surface area contributed by atoms with Gasteiger partial charge < -0.3 is 0 Å². The lowest BCUT2D eigenvalue weighted by atomic mass is 10.1. The highest BCUT2D eigenvalue weighted by Gasteiger charge is 2.35. The van der Waals surface area contributed by atoms with Gasteiger partial charge in [-0.2, -0.15) is 0 Å². The molecule has 29 heavy (non-hydrogen) atoms.